The number of ether oxygens (including phenoxy) is 1. The van der Waals surface area contributed by atoms with Gasteiger partial charge in [0.05, 0.1) is 6.42 Å². The highest BCUT2D eigenvalue weighted by atomic mass is 16.5. The number of hydrogen-bond acceptors (Lipinski definition) is 4. The molecule has 0 spiro atoms. The quantitative estimate of drug-likeness (QED) is 0.203. The Kier molecular flexibility index (Phi) is 8.92. The fourth-order valence-corrected chi connectivity index (χ4v) is 4.21. The number of aromatic amines is 1. The van der Waals surface area contributed by atoms with Gasteiger partial charge >= 0.3 is 5.97 Å². The molecule has 0 amide bonds. The van der Waals surface area contributed by atoms with Gasteiger partial charge in [-0.25, -0.2) is 0 Å². The van der Waals surface area contributed by atoms with E-state index >= 15 is 0 Å². The Morgan fingerprint density at radius 1 is 0.886 bits per heavy atom. The molecule has 1 heterocycles. The van der Waals surface area contributed by atoms with Crippen molar-refractivity contribution >= 4 is 16.9 Å². The summed E-state index contributed by atoms with van der Waals surface area (Å²) in [5, 5.41) is 17.3. The number of carboxylic acids is 1. The second-order valence-electron chi connectivity index (χ2n) is 8.73. The van der Waals surface area contributed by atoms with Crippen LogP contribution < -0.4 is 15.4 Å². The molecule has 6 heteroatoms. The molecule has 4 rings (SSSR count). The van der Waals surface area contributed by atoms with Crippen molar-refractivity contribution in [2.24, 2.45) is 0 Å². The van der Waals surface area contributed by atoms with Crippen LogP contribution in [0.4, 0.5) is 0 Å². The van der Waals surface area contributed by atoms with Gasteiger partial charge in [-0.05, 0) is 54.3 Å². The standard InChI is InChI=1S/C29H33N3O3/c33-29(34)19-25(18-24-20-32-28-9-5-4-8-27(24)28)31-17-16-30-15-14-22-10-12-26(13-11-22)35-21-23-6-2-1-3-7-23/h1-13,20,25,30-32H,14-19,21H2,(H,33,34)/t25-/m1/s1. The zero-order valence-corrected chi connectivity index (χ0v) is 19.9. The van der Waals surface area contributed by atoms with Gasteiger partial charge in [-0.3, -0.25) is 4.79 Å². The van der Waals surface area contributed by atoms with Crippen molar-refractivity contribution in [2.45, 2.75) is 31.9 Å². The van der Waals surface area contributed by atoms with Crippen molar-refractivity contribution in [3.63, 3.8) is 0 Å². The largest absolute Gasteiger partial charge is 0.489 e. The van der Waals surface area contributed by atoms with Crippen LogP contribution >= 0.6 is 0 Å². The Balaban J connectivity index is 1.15. The summed E-state index contributed by atoms with van der Waals surface area (Å²) < 4.78 is 5.85. The second kappa shape index (κ2) is 12.7. The molecular weight excluding hydrogens is 438 g/mol. The molecule has 35 heavy (non-hydrogen) atoms. The van der Waals surface area contributed by atoms with Gasteiger partial charge in [0.2, 0.25) is 0 Å². The number of hydrogen-bond donors (Lipinski definition) is 4. The van der Waals surface area contributed by atoms with Crippen molar-refractivity contribution in [3.05, 3.63) is 102 Å². The maximum atomic E-state index is 11.4. The Morgan fingerprint density at radius 3 is 2.46 bits per heavy atom. The van der Waals surface area contributed by atoms with Gasteiger partial charge in [-0.2, -0.15) is 0 Å². The molecule has 0 fully saturated rings. The molecule has 0 radical (unpaired) electrons. The molecule has 0 aliphatic rings. The zero-order chi connectivity index (χ0) is 24.3. The molecule has 0 unspecified atom stereocenters. The first-order valence-electron chi connectivity index (χ1n) is 12.1. The number of aliphatic carboxylic acids is 1. The third-order valence-electron chi connectivity index (χ3n) is 6.06. The molecule has 1 atom stereocenters. The Labute approximate surface area is 206 Å². The van der Waals surface area contributed by atoms with Crippen LogP contribution in [-0.2, 0) is 24.2 Å². The Morgan fingerprint density at radius 2 is 1.66 bits per heavy atom. The average Bonchev–Trinajstić information content (AvgIpc) is 3.28. The van der Waals surface area contributed by atoms with Crippen molar-refractivity contribution in [2.75, 3.05) is 19.6 Å². The first-order chi connectivity index (χ1) is 17.2. The average molecular weight is 472 g/mol. The van der Waals surface area contributed by atoms with E-state index in [4.69, 9.17) is 4.74 Å². The highest BCUT2D eigenvalue weighted by Gasteiger charge is 2.15. The summed E-state index contributed by atoms with van der Waals surface area (Å²) >= 11 is 0. The number of rotatable bonds is 14. The van der Waals surface area contributed by atoms with Gasteiger partial charge in [-0.15, -0.1) is 0 Å². The van der Waals surface area contributed by atoms with E-state index in [2.05, 4.69) is 45.9 Å². The zero-order valence-electron chi connectivity index (χ0n) is 19.9. The topological polar surface area (TPSA) is 86.4 Å². The molecule has 0 aliphatic heterocycles. The van der Waals surface area contributed by atoms with Crippen LogP contribution in [0.2, 0.25) is 0 Å². The monoisotopic (exact) mass is 471 g/mol. The third kappa shape index (κ3) is 7.70. The lowest BCUT2D eigenvalue weighted by molar-refractivity contribution is -0.137. The van der Waals surface area contributed by atoms with Gasteiger partial charge in [0.25, 0.3) is 0 Å². The molecule has 4 aromatic rings. The molecule has 4 N–H and O–H groups in total. The maximum absolute atomic E-state index is 11.4. The SMILES string of the molecule is O=C(O)C[C@@H](Cc1c[nH]c2ccccc12)NCCNCCc1ccc(OCc2ccccc2)cc1. The lowest BCUT2D eigenvalue weighted by atomic mass is 10.0. The minimum absolute atomic E-state index is 0.0954. The van der Waals surface area contributed by atoms with Gasteiger partial charge < -0.3 is 25.5 Å². The Hall–Kier alpha value is -3.61. The van der Waals surface area contributed by atoms with E-state index < -0.39 is 5.97 Å². The molecular formula is C29H33N3O3. The van der Waals surface area contributed by atoms with Crippen molar-refractivity contribution in [1.29, 1.82) is 0 Å². The summed E-state index contributed by atoms with van der Waals surface area (Å²) in [6.07, 6.45) is 3.68. The minimum atomic E-state index is -0.786. The molecule has 0 saturated carbocycles. The Bertz CT molecular complexity index is 1190. The van der Waals surface area contributed by atoms with E-state index in [1.54, 1.807) is 0 Å². The maximum Gasteiger partial charge on any atom is 0.304 e. The van der Waals surface area contributed by atoms with Crippen molar-refractivity contribution in [3.8, 4) is 5.75 Å². The number of benzene rings is 3. The van der Waals surface area contributed by atoms with Gasteiger partial charge in [0, 0.05) is 36.2 Å². The predicted molar refractivity (Wildman–Crippen MR) is 140 cm³/mol. The summed E-state index contributed by atoms with van der Waals surface area (Å²) in [5.41, 5.74) is 4.62. The van der Waals surface area contributed by atoms with Gasteiger partial charge in [-0.1, -0.05) is 60.7 Å². The van der Waals surface area contributed by atoms with Gasteiger partial charge in [0.1, 0.15) is 12.4 Å². The summed E-state index contributed by atoms with van der Waals surface area (Å²) in [4.78, 5) is 14.6. The first kappa shape index (κ1) is 24.5. The van der Waals surface area contributed by atoms with Crippen molar-refractivity contribution in [1.82, 2.24) is 15.6 Å². The molecule has 0 saturated heterocycles. The van der Waals surface area contributed by atoms with E-state index in [0.29, 0.717) is 19.6 Å². The molecule has 3 aromatic carbocycles. The van der Waals surface area contributed by atoms with E-state index in [1.165, 1.54) is 5.56 Å². The van der Waals surface area contributed by atoms with E-state index in [0.717, 1.165) is 47.3 Å². The van der Waals surface area contributed by atoms with E-state index in [-0.39, 0.29) is 12.5 Å². The fourth-order valence-electron chi connectivity index (χ4n) is 4.21. The summed E-state index contributed by atoms with van der Waals surface area (Å²) in [7, 11) is 0. The first-order valence-corrected chi connectivity index (χ1v) is 12.1. The number of carboxylic acid groups (broad SMARTS) is 1. The summed E-state index contributed by atoms with van der Waals surface area (Å²) in [6.45, 7) is 2.92. The smallest absolute Gasteiger partial charge is 0.304 e. The fraction of sp³-hybridized carbons (Fsp3) is 0.276. The van der Waals surface area contributed by atoms with Crippen LogP contribution in [0.25, 0.3) is 10.9 Å². The normalized spacial score (nSPS) is 12.0. The molecule has 6 nitrogen and oxygen atoms in total. The van der Waals surface area contributed by atoms with Crippen LogP contribution in [-0.4, -0.2) is 41.7 Å². The number of aromatic nitrogens is 1. The van der Waals surface area contributed by atoms with Gasteiger partial charge in [0.15, 0.2) is 0 Å². The predicted octanol–water partition coefficient (Wildman–Crippen LogP) is 4.55. The summed E-state index contributed by atoms with van der Waals surface area (Å²) in [6, 6.07) is 26.4. The van der Waals surface area contributed by atoms with Crippen LogP contribution in [0.5, 0.6) is 5.75 Å². The number of nitrogens with one attached hydrogen (secondary N) is 3. The van der Waals surface area contributed by atoms with Crippen LogP contribution in [0, 0.1) is 0 Å². The molecule has 0 bridgehead atoms. The van der Waals surface area contributed by atoms with E-state index in [1.807, 2.05) is 54.7 Å². The highest BCUT2D eigenvalue weighted by molar-refractivity contribution is 5.83. The highest BCUT2D eigenvalue weighted by Crippen LogP contribution is 2.20. The summed E-state index contributed by atoms with van der Waals surface area (Å²) in [5.74, 6) is 0.0842. The minimum Gasteiger partial charge on any atom is -0.489 e. The van der Waals surface area contributed by atoms with Crippen molar-refractivity contribution < 1.29 is 14.6 Å². The molecule has 1 aromatic heterocycles. The number of H-pyrrole nitrogens is 1. The third-order valence-corrected chi connectivity index (χ3v) is 6.06. The van der Waals surface area contributed by atoms with E-state index in [9.17, 15) is 9.90 Å². The lowest BCUT2D eigenvalue weighted by Gasteiger charge is -2.17. The van der Waals surface area contributed by atoms with Crippen LogP contribution in [0.1, 0.15) is 23.1 Å². The molecule has 0 aliphatic carbocycles. The second-order valence-corrected chi connectivity index (χ2v) is 8.73. The van der Waals surface area contributed by atoms with Crippen LogP contribution in [0.3, 0.4) is 0 Å². The van der Waals surface area contributed by atoms with Crippen LogP contribution in [0.15, 0.2) is 85.1 Å². The lowest BCUT2D eigenvalue weighted by Crippen LogP contribution is -2.38. The number of fused-ring (bicyclic) bond motifs is 1. The molecule has 182 valence electrons. The number of carbonyl (C=O) groups is 1. The number of para-hydroxylation sites is 1.